The standard InChI is InChI=1S/C14H19F2NO/c1-10-14(2,7-8-18-10)17-9-11-3-5-12(6-4-11)13(15)16/h3-6,10,13,17H,7-9H2,1-2H3. The van der Waals surface area contributed by atoms with E-state index in [1.54, 1.807) is 12.1 Å². The molecule has 0 aromatic heterocycles. The van der Waals surface area contributed by atoms with Crippen LogP contribution in [0, 0.1) is 0 Å². The SMILES string of the molecule is CC1OCCC1(C)NCc1ccc(C(F)F)cc1. The van der Waals surface area contributed by atoms with Crippen molar-refractivity contribution in [2.24, 2.45) is 0 Å². The summed E-state index contributed by atoms with van der Waals surface area (Å²) in [5.41, 5.74) is 1.06. The molecule has 0 amide bonds. The molecule has 0 bridgehead atoms. The summed E-state index contributed by atoms with van der Waals surface area (Å²) in [5.74, 6) is 0. The Morgan fingerprint density at radius 1 is 1.39 bits per heavy atom. The molecule has 1 heterocycles. The number of ether oxygens (including phenoxy) is 1. The average Bonchev–Trinajstić information content (AvgIpc) is 2.68. The van der Waals surface area contributed by atoms with Crippen molar-refractivity contribution in [3.8, 4) is 0 Å². The van der Waals surface area contributed by atoms with Crippen LogP contribution in [-0.2, 0) is 11.3 Å². The Labute approximate surface area is 106 Å². The molecule has 2 rings (SSSR count). The van der Waals surface area contributed by atoms with E-state index in [4.69, 9.17) is 4.74 Å². The molecule has 1 fully saturated rings. The summed E-state index contributed by atoms with van der Waals surface area (Å²) in [6.07, 6.45) is -1.24. The normalized spacial score (nSPS) is 27.9. The molecule has 0 saturated carbocycles. The molecule has 18 heavy (non-hydrogen) atoms. The summed E-state index contributed by atoms with van der Waals surface area (Å²) in [6.45, 7) is 5.64. The molecule has 1 aromatic rings. The van der Waals surface area contributed by atoms with Crippen LogP contribution in [0.3, 0.4) is 0 Å². The summed E-state index contributed by atoms with van der Waals surface area (Å²) < 4.78 is 30.4. The van der Waals surface area contributed by atoms with E-state index >= 15 is 0 Å². The predicted molar refractivity (Wildman–Crippen MR) is 66.7 cm³/mol. The van der Waals surface area contributed by atoms with Crippen molar-refractivity contribution < 1.29 is 13.5 Å². The fraction of sp³-hybridized carbons (Fsp3) is 0.571. The highest BCUT2D eigenvalue weighted by Gasteiger charge is 2.36. The lowest BCUT2D eigenvalue weighted by Crippen LogP contribution is -2.47. The maximum atomic E-state index is 12.4. The average molecular weight is 255 g/mol. The second kappa shape index (κ2) is 5.33. The Morgan fingerprint density at radius 2 is 2.06 bits per heavy atom. The van der Waals surface area contributed by atoms with Crippen LogP contribution in [0.25, 0.3) is 0 Å². The first-order chi connectivity index (χ1) is 8.51. The molecule has 100 valence electrons. The fourth-order valence-electron chi connectivity index (χ4n) is 2.15. The van der Waals surface area contributed by atoms with Gasteiger partial charge in [-0.05, 0) is 25.8 Å². The van der Waals surface area contributed by atoms with E-state index < -0.39 is 6.43 Å². The third-order valence-corrected chi connectivity index (χ3v) is 3.81. The summed E-state index contributed by atoms with van der Waals surface area (Å²) in [5, 5.41) is 3.46. The van der Waals surface area contributed by atoms with Crippen LogP contribution in [0.5, 0.6) is 0 Å². The Hall–Kier alpha value is -1.00. The molecule has 4 heteroatoms. The topological polar surface area (TPSA) is 21.3 Å². The van der Waals surface area contributed by atoms with Gasteiger partial charge in [-0.25, -0.2) is 8.78 Å². The van der Waals surface area contributed by atoms with Crippen molar-refractivity contribution in [2.45, 2.75) is 44.9 Å². The van der Waals surface area contributed by atoms with Crippen LogP contribution in [0.2, 0.25) is 0 Å². The Balaban J connectivity index is 1.94. The smallest absolute Gasteiger partial charge is 0.263 e. The van der Waals surface area contributed by atoms with Gasteiger partial charge in [0, 0.05) is 24.3 Å². The highest BCUT2D eigenvalue weighted by atomic mass is 19.3. The van der Waals surface area contributed by atoms with E-state index in [2.05, 4.69) is 19.2 Å². The van der Waals surface area contributed by atoms with Crippen LogP contribution in [-0.4, -0.2) is 18.2 Å². The second-order valence-corrected chi connectivity index (χ2v) is 5.08. The minimum absolute atomic E-state index is 0.0264. The molecule has 1 aliphatic rings. The van der Waals surface area contributed by atoms with Gasteiger partial charge in [-0.1, -0.05) is 24.3 Å². The molecule has 1 aromatic carbocycles. The number of hydrogen-bond acceptors (Lipinski definition) is 2. The van der Waals surface area contributed by atoms with Gasteiger partial charge in [0.05, 0.1) is 6.10 Å². The number of rotatable bonds is 4. The van der Waals surface area contributed by atoms with Gasteiger partial charge in [0.25, 0.3) is 6.43 Å². The predicted octanol–water partition coefficient (Wildman–Crippen LogP) is 3.28. The monoisotopic (exact) mass is 255 g/mol. The molecule has 2 unspecified atom stereocenters. The Bertz CT molecular complexity index is 393. The van der Waals surface area contributed by atoms with E-state index in [0.29, 0.717) is 6.54 Å². The van der Waals surface area contributed by atoms with Crippen LogP contribution in [0.15, 0.2) is 24.3 Å². The minimum atomic E-state index is -2.40. The van der Waals surface area contributed by atoms with E-state index in [0.717, 1.165) is 18.6 Å². The van der Waals surface area contributed by atoms with Crippen LogP contribution >= 0.6 is 0 Å². The van der Waals surface area contributed by atoms with E-state index in [9.17, 15) is 8.78 Å². The molecular weight excluding hydrogens is 236 g/mol. The molecular formula is C14H19F2NO. The molecule has 1 N–H and O–H groups in total. The fourth-order valence-corrected chi connectivity index (χ4v) is 2.15. The van der Waals surface area contributed by atoms with Crippen molar-refractivity contribution in [3.05, 3.63) is 35.4 Å². The highest BCUT2D eigenvalue weighted by molar-refractivity contribution is 5.23. The third-order valence-electron chi connectivity index (χ3n) is 3.81. The van der Waals surface area contributed by atoms with Gasteiger partial charge < -0.3 is 10.1 Å². The summed E-state index contributed by atoms with van der Waals surface area (Å²) in [7, 11) is 0. The zero-order valence-corrected chi connectivity index (χ0v) is 10.7. The molecule has 0 spiro atoms. The number of benzene rings is 1. The lowest BCUT2D eigenvalue weighted by Gasteiger charge is -2.29. The van der Waals surface area contributed by atoms with Crippen molar-refractivity contribution in [2.75, 3.05) is 6.61 Å². The van der Waals surface area contributed by atoms with Gasteiger partial charge in [-0.15, -0.1) is 0 Å². The second-order valence-electron chi connectivity index (χ2n) is 5.08. The first-order valence-corrected chi connectivity index (χ1v) is 6.25. The van der Waals surface area contributed by atoms with Gasteiger partial charge in [0.1, 0.15) is 0 Å². The number of nitrogens with one attached hydrogen (secondary N) is 1. The van der Waals surface area contributed by atoms with Gasteiger partial charge in [-0.3, -0.25) is 0 Å². The largest absolute Gasteiger partial charge is 0.377 e. The zero-order chi connectivity index (χ0) is 13.2. The molecule has 0 radical (unpaired) electrons. The van der Waals surface area contributed by atoms with E-state index in [1.807, 2.05) is 0 Å². The van der Waals surface area contributed by atoms with Gasteiger partial charge in [0.15, 0.2) is 0 Å². The lowest BCUT2D eigenvalue weighted by atomic mass is 9.94. The molecule has 1 saturated heterocycles. The molecule has 2 nitrogen and oxygen atoms in total. The minimum Gasteiger partial charge on any atom is -0.377 e. The van der Waals surface area contributed by atoms with Crippen LogP contribution in [0.4, 0.5) is 8.78 Å². The van der Waals surface area contributed by atoms with Gasteiger partial charge in [-0.2, -0.15) is 0 Å². The molecule has 2 atom stereocenters. The Morgan fingerprint density at radius 3 is 2.56 bits per heavy atom. The van der Waals surface area contributed by atoms with Crippen molar-refractivity contribution >= 4 is 0 Å². The number of halogens is 2. The van der Waals surface area contributed by atoms with E-state index in [1.165, 1.54) is 12.1 Å². The number of alkyl halides is 2. The summed E-state index contributed by atoms with van der Waals surface area (Å²) in [6, 6.07) is 6.47. The summed E-state index contributed by atoms with van der Waals surface area (Å²) >= 11 is 0. The van der Waals surface area contributed by atoms with Crippen molar-refractivity contribution in [3.63, 3.8) is 0 Å². The van der Waals surface area contributed by atoms with E-state index in [-0.39, 0.29) is 17.2 Å². The lowest BCUT2D eigenvalue weighted by molar-refractivity contribution is 0.0881. The maximum absolute atomic E-state index is 12.4. The highest BCUT2D eigenvalue weighted by Crippen LogP contribution is 2.25. The molecule has 0 aliphatic carbocycles. The van der Waals surface area contributed by atoms with Gasteiger partial charge in [0.2, 0.25) is 0 Å². The Kier molecular flexibility index (Phi) is 3.97. The third kappa shape index (κ3) is 2.87. The maximum Gasteiger partial charge on any atom is 0.263 e. The van der Waals surface area contributed by atoms with Crippen LogP contribution in [0.1, 0.15) is 37.8 Å². The zero-order valence-electron chi connectivity index (χ0n) is 10.7. The molecule has 1 aliphatic heterocycles. The van der Waals surface area contributed by atoms with Gasteiger partial charge >= 0.3 is 0 Å². The van der Waals surface area contributed by atoms with Crippen molar-refractivity contribution in [1.29, 1.82) is 0 Å². The van der Waals surface area contributed by atoms with Crippen molar-refractivity contribution in [1.82, 2.24) is 5.32 Å². The van der Waals surface area contributed by atoms with Crippen LogP contribution < -0.4 is 5.32 Å². The quantitative estimate of drug-likeness (QED) is 0.891. The first-order valence-electron chi connectivity index (χ1n) is 6.25. The number of hydrogen-bond donors (Lipinski definition) is 1. The first kappa shape index (κ1) is 13.4. The summed E-state index contributed by atoms with van der Waals surface area (Å²) in [4.78, 5) is 0.